The number of hydrogen-bond donors (Lipinski definition) is 1. The summed E-state index contributed by atoms with van der Waals surface area (Å²) >= 11 is 9.88. The van der Waals surface area contributed by atoms with Crippen molar-refractivity contribution in [3.05, 3.63) is 134 Å². The van der Waals surface area contributed by atoms with Gasteiger partial charge in [-0.25, -0.2) is 10.3 Å². The zero-order valence-corrected chi connectivity index (χ0v) is 23.3. The van der Waals surface area contributed by atoms with Gasteiger partial charge in [0.15, 0.2) is 0 Å². The summed E-state index contributed by atoms with van der Waals surface area (Å²) in [4.78, 5) is 42.7. The highest BCUT2D eigenvalue weighted by molar-refractivity contribution is 9.10. The van der Waals surface area contributed by atoms with E-state index in [0.29, 0.717) is 16.3 Å². The van der Waals surface area contributed by atoms with Crippen LogP contribution in [0.4, 0.5) is 5.69 Å². The van der Waals surface area contributed by atoms with E-state index in [9.17, 15) is 14.4 Å². The van der Waals surface area contributed by atoms with Crippen molar-refractivity contribution in [2.24, 2.45) is 16.9 Å². The monoisotopic (exact) mass is 609 g/mol. The summed E-state index contributed by atoms with van der Waals surface area (Å²) in [7, 11) is 0. The Balaban J connectivity index is 1.41. The van der Waals surface area contributed by atoms with Gasteiger partial charge in [-0.1, -0.05) is 88.2 Å². The second kappa shape index (κ2) is 9.25. The number of amides is 3. The van der Waals surface area contributed by atoms with Crippen molar-refractivity contribution in [3.8, 4) is 0 Å². The predicted octanol–water partition coefficient (Wildman–Crippen LogP) is 6.07. The summed E-state index contributed by atoms with van der Waals surface area (Å²) in [5.41, 5.74) is 6.16. The van der Waals surface area contributed by atoms with Gasteiger partial charge < -0.3 is 0 Å². The van der Waals surface area contributed by atoms with Crippen LogP contribution in [0.1, 0.15) is 38.5 Å². The van der Waals surface area contributed by atoms with E-state index >= 15 is 0 Å². The van der Waals surface area contributed by atoms with Gasteiger partial charge in [-0.15, -0.1) is 0 Å². The van der Waals surface area contributed by atoms with Crippen LogP contribution in [-0.2, 0) is 15.0 Å². The maximum absolute atomic E-state index is 14.4. The van der Waals surface area contributed by atoms with Crippen molar-refractivity contribution in [1.29, 1.82) is 0 Å². The molecule has 1 N–H and O–H groups in total. The Bertz CT molecular complexity index is 1710. The first kappa shape index (κ1) is 24.9. The highest BCUT2D eigenvalue weighted by Crippen LogP contribution is 2.63. The molecule has 4 aliphatic rings. The molecule has 0 spiro atoms. The van der Waals surface area contributed by atoms with Crippen LogP contribution in [-0.4, -0.2) is 23.9 Å². The molecule has 6 nitrogen and oxygen atoms in total. The standard InChI is InChI=1S/C32H21BrClN3O3/c33-19-15-13-18(14-16-19)29(38)36-35-17-32-22-9-3-1-7-20(22)26(21-8-2-4-10-23(21)32)27-28(32)31(40)37(30(27)39)25-12-6-5-11-24(25)34/h1-17,26-28H,(H,36,38)/b35-17-/t26?,27-,28-,32?/m0/s1. The molecule has 3 aliphatic carbocycles. The average Bonchev–Trinajstić information content (AvgIpc) is 3.24. The minimum Gasteiger partial charge on any atom is -0.274 e. The second-order valence-electron chi connectivity index (χ2n) is 10.2. The summed E-state index contributed by atoms with van der Waals surface area (Å²) in [6.45, 7) is 0. The fourth-order valence-electron chi connectivity index (χ4n) is 6.78. The van der Waals surface area contributed by atoms with Crippen LogP contribution >= 0.6 is 27.5 Å². The molecule has 4 aromatic rings. The Morgan fingerprint density at radius 3 is 2.10 bits per heavy atom. The number of anilines is 1. The molecule has 3 amide bonds. The van der Waals surface area contributed by atoms with Gasteiger partial charge in [0, 0.05) is 22.2 Å². The molecule has 196 valence electrons. The van der Waals surface area contributed by atoms with Gasteiger partial charge in [-0.05, 0) is 58.7 Å². The Kier molecular flexibility index (Phi) is 5.77. The molecule has 40 heavy (non-hydrogen) atoms. The summed E-state index contributed by atoms with van der Waals surface area (Å²) in [5, 5.41) is 4.78. The van der Waals surface area contributed by atoms with Crippen molar-refractivity contribution in [1.82, 2.24) is 5.43 Å². The summed E-state index contributed by atoms with van der Waals surface area (Å²) in [6.07, 6.45) is 1.65. The van der Waals surface area contributed by atoms with Gasteiger partial charge in [0.25, 0.3) is 5.91 Å². The summed E-state index contributed by atoms with van der Waals surface area (Å²) < 4.78 is 0.858. The highest BCUT2D eigenvalue weighted by Gasteiger charge is 2.68. The van der Waals surface area contributed by atoms with Crippen LogP contribution in [0.2, 0.25) is 5.02 Å². The molecule has 1 heterocycles. The number of halogens is 2. The lowest BCUT2D eigenvalue weighted by Gasteiger charge is -2.52. The molecule has 2 bridgehead atoms. The van der Waals surface area contributed by atoms with Crippen molar-refractivity contribution in [2.75, 3.05) is 4.90 Å². The van der Waals surface area contributed by atoms with E-state index in [1.165, 1.54) is 4.90 Å². The van der Waals surface area contributed by atoms with Crippen LogP contribution in [0.25, 0.3) is 0 Å². The Labute approximate surface area is 243 Å². The third-order valence-corrected chi connectivity index (χ3v) is 9.17. The number of carbonyl (C=O) groups is 3. The van der Waals surface area contributed by atoms with E-state index in [1.54, 1.807) is 54.7 Å². The van der Waals surface area contributed by atoms with Crippen LogP contribution in [0, 0.1) is 11.8 Å². The largest absolute Gasteiger partial charge is 0.274 e. The fraction of sp³-hybridized carbons (Fsp3) is 0.125. The van der Waals surface area contributed by atoms with Crippen LogP contribution in [0.15, 0.2) is 107 Å². The number of hydrogen-bond acceptors (Lipinski definition) is 4. The molecule has 1 aliphatic heterocycles. The van der Waals surface area contributed by atoms with Crippen LogP contribution in [0.3, 0.4) is 0 Å². The molecule has 4 aromatic carbocycles. The van der Waals surface area contributed by atoms with E-state index in [0.717, 1.165) is 26.7 Å². The van der Waals surface area contributed by atoms with Crippen LogP contribution in [0.5, 0.6) is 0 Å². The number of para-hydroxylation sites is 1. The molecule has 2 atom stereocenters. The van der Waals surface area contributed by atoms with E-state index in [-0.39, 0.29) is 23.6 Å². The van der Waals surface area contributed by atoms with E-state index < -0.39 is 17.3 Å². The number of imide groups is 1. The molecule has 1 saturated heterocycles. The first-order valence-electron chi connectivity index (χ1n) is 12.8. The molecule has 8 heteroatoms. The van der Waals surface area contributed by atoms with E-state index in [4.69, 9.17) is 11.6 Å². The Morgan fingerprint density at radius 2 is 1.45 bits per heavy atom. The quantitative estimate of drug-likeness (QED) is 0.173. The lowest BCUT2D eigenvalue weighted by atomic mass is 9.47. The minimum absolute atomic E-state index is 0.284. The zero-order chi connectivity index (χ0) is 27.6. The van der Waals surface area contributed by atoms with E-state index in [1.807, 2.05) is 48.5 Å². The van der Waals surface area contributed by atoms with Crippen molar-refractivity contribution < 1.29 is 14.4 Å². The SMILES string of the molecule is O=C(N/N=C\C12c3ccccc3C(c3ccccc31)[C@@H]1C(=O)N(c3ccccc3Cl)C(=O)[C@H]12)c1ccc(Br)cc1. The molecule has 0 unspecified atom stereocenters. The third-order valence-electron chi connectivity index (χ3n) is 8.32. The maximum Gasteiger partial charge on any atom is 0.271 e. The first-order chi connectivity index (χ1) is 19.4. The Morgan fingerprint density at radius 1 is 0.850 bits per heavy atom. The number of nitrogens with zero attached hydrogens (tertiary/aromatic N) is 2. The maximum atomic E-state index is 14.4. The zero-order valence-electron chi connectivity index (χ0n) is 20.9. The third kappa shape index (κ3) is 3.41. The van der Waals surface area contributed by atoms with Gasteiger partial charge in [0.2, 0.25) is 11.8 Å². The van der Waals surface area contributed by atoms with Crippen LogP contribution < -0.4 is 10.3 Å². The smallest absolute Gasteiger partial charge is 0.271 e. The molecule has 0 saturated carbocycles. The number of benzene rings is 4. The summed E-state index contributed by atoms with van der Waals surface area (Å²) in [6, 6.07) is 29.6. The number of carbonyl (C=O) groups excluding carboxylic acids is 3. The van der Waals surface area contributed by atoms with E-state index in [2.05, 4.69) is 26.5 Å². The lowest BCUT2D eigenvalue weighted by molar-refractivity contribution is -0.122. The number of rotatable bonds is 4. The first-order valence-corrected chi connectivity index (χ1v) is 14.0. The molecule has 0 aromatic heterocycles. The van der Waals surface area contributed by atoms with Gasteiger partial charge >= 0.3 is 0 Å². The molecular weight excluding hydrogens is 590 g/mol. The Hall–Kier alpha value is -4.07. The highest BCUT2D eigenvalue weighted by atomic mass is 79.9. The van der Waals surface area contributed by atoms with Gasteiger partial charge in [0.1, 0.15) is 0 Å². The topological polar surface area (TPSA) is 78.8 Å². The summed E-state index contributed by atoms with van der Waals surface area (Å²) in [5.74, 6) is -2.71. The number of nitrogens with one attached hydrogen (secondary N) is 1. The second-order valence-corrected chi connectivity index (χ2v) is 11.5. The average molecular weight is 611 g/mol. The number of hydrazone groups is 1. The van der Waals surface area contributed by atoms with Gasteiger partial charge in [-0.3, -0.25) is 14.4 Å². The molecule has 0 radical (unpaired) electrons. The van der Waals surface area contributed by atoms with Crippen molar-refractivity contribution in [2.45, 2.75) is 11.3 Å². The van der Waals surface area contributed by atoms with Gasteiger partial charge in [-0.2, -0.15) is 5.10 Å². The molecule has 1 fully saturated rings. The lowest BCUT2D eigenvalue weighted by Crippen LogP contribution is -2.54. The molecular formula is C32H21BrClN3O3. The predicted molar refractivity (Wildman–Crippen MR) is 157 cm³/mol. The molecule has 8 rings (SSSR count). The minimum atomic E-state index is -1.08. The van der Waals surface area contributed by atoms with Crippen molar-refractivity contribution >= 4 is 57.2 Å². The van der Waals surface area contributed by atoms with Crippen molar-refractivity contribution in [3.63, 3.8) is 0 Å². The normalized spacial score (nSPS) is 24.1. The van der Waals surface area contributed by atoms with Gasteiger partial charge in [0.05, 0.1) is 28.0 Å². The fourth-order valence-corrected chi connectivity index (χ4v) is 7.26.